The Bertz CT molecular complexity index is 936. The van der Waals surface area contributed by atoms with Crippen molar-refractivity contribution in [2.75, 3.05) is 38.5 Å². The monoisotopic (exact) mass is 519 g/mol. The van der Waals surface area contributed by atoms with Crippen molar-refractivity contribution >= 4 is 40.8 Å². The molecule has 0 saturated carbocycles. The van der Waals surface area contributed by atoms with E-state index in [1.54, 1.807) is 40.9 Å². The number of nitrogens with one attached hydrogen (secondary N) is 3. The summed E-state index contributed by atoms with van der Waals surface area (Å²) < 4.78 is 5.05. The maximum atomic E-state index is 12.6. The fourth-order valence-corrected chi connectivity index (χ4v) is 4.64. The first kappa shape index (κ1) is 27.3. The maximum Gasteiger partial charge on any atom is 0.408 e. The summed E-state index contributed by atoms with van der Waals surface area (Å²) >= 11 is 1.69. The molecule has 12 heteroatoms. The number of carbonyl (C=O) groups excluding carboxylic acids is 3. The molecule has 2 aliphatic rings. The molecule has 11 nitrogen and oxygen atoms in total. The predicted octanol–water partition coefficient (Wildman–Crippen LogP) is 1.19. The number of aliphatic imine (C=N–C) groups is 1. The van der Waals surface area contributed by atoms with Crippen LogP contribution in [-0.4, -0.2) is 83.6 Å². The lowest BCUT2D eigenvalue weighted by Crippen LogP contribution is -2.50. The SMILES string of the molecule is O=C(N[C@H](CNC(=O)C1CCN(C(=O)CCCNC2=NCCS2)CC1)C(=O)O)OCc1ccccc1. The van der Waals surface area contributed by atoms with Crippen LogP contribution in [0.5, 0.6) is 0 Å². The van der Waals surface area contributed by atoms with Crippen molar-refractivity contribution in [2.24, 2.45) is 10.9 Å². The van der Waals surface area contributed by atoms with Crippen LogP contribution in [-0.2, 0) is 25.7 Å². The summed E-state index contributed by atoms with van der Waals surface area (Å²) in [6.45, 7) is 2.26. The van der Waals surface area contributed by atoms with E-state index >= 15 is 0 Å². The Morgan fingerprint density at radius 1 is 1.17 bits per heavy atom. The number of thioether (sulfide) groups is 1. The number of rotatable bonds is 11. The van der Waals surface area contributed by atoms with Gasteiger partial charge in [0, 0.05) is 44.3 Å². The molecule has 4 N–H and O–H groups in total. The molecule has 0 aromatic heterocycles. The minimum Gasteiger partial charge on any atom is -0.480 e. The molecule has 1 atom stereocenters. The van der Waals surface area contributed by atoms with Gasteiger partial charge in [-0.1, -0.05) is 42.1 Å². The van der Waals surface area contributed by atoms with Crippen LogP contribution in [0.1, 0.15) is 31.2 Å². The summed E-state index contributed by atoms with van der Waals surface area (Å²) in [5, 5.41) is 18.5. The van der Waals surface area contributed by atoms with Crippen LogP contribution in [0, 0.1) is 5.92 Å². The molecule has 1 fully saturated rings. The molecule has 0 radical (unpaired) electrons. The van der Waals surface area contributed by atoms with Crippen LogP contribution < -0.4 is 16.0 Å². The summed E-state index contributed by atoms with van der Waals surface area (Å²) in [5.41, 5.74) is 0.771. The first-order chi connectivity index (χ1) is 17.4. The van der Waals surface area contributed by atoms with Gasteiger partial charge in [0.05, 0.1) is 6.54 Å². The lowest BCUT2D eigenvalue weighted by Gasteiger charge is -2.31. The predicted molar refractivity (Wildman–Crippen MR) is 135 cm³/mol. The summed E-state index contributed by atoms with van der Waals surface area (Å²) in [4.78, 5) is 54.6. The van der Waals surface area contributed by atoms with Gasteiger partial charge in [0.1, 0.15) is 12.6 Å². The molecule has 1 saturated heterocycles. The van der Waals surface area contributed by atoms with E-state index in [1.165, 1.54) is 0 Å². The quantitative estimate of drug-likeness (QED) is 0.319. The van der Waals surface area contributed by atoms with E-state index in [4.69, 9.17) is 4.74 Å². The number of likely N-dealkylation sites (tertiary alicyclic amines) is 1. The van der Waals surface area contributed by atoms with Crippen molar-refractivity contribution in [3.8, 4) is 0 Å². The number of aliphatic carboxylic acids is 1. The zero-order chi connectivity index (χ0) is 25.8. The lowest BCUT2D eigenvalue weighted by molar-refractivity contribution is -0.140. The number of amidine groups is 1. The molecule has 0 aliphatic carbocycles. The van der Waals surface area contributed by atoms with E-state index in [0.29, 0.717) is 38.9 Å². The van der Waals surface area contributed by atoms with Crippen molar-refractivity contribution in [3.63, 3.8) is 0 Å². The topological polar surface area (TPSA) is 149 Å². The van der Waals surface area contributed by atoms with E-state index in [-0.39, 0.29) is 30.9 Å². The van der Waals surface area contributed by atoms with E-state index in [2.05, 4.69) is 20.9 Å². The normalized spacial score (nSPS) is 16.6. The van der Waals surface area contributed by atoms with Gasteiger partial charge in [-0.05, 0) is 24.8 Å². The number of nitrogens with zero attached hydrogens (tertiary/aromatic N) is 2. The minimum absolute atomic E-state index is 0.00748. The second-order valence-electron chi connectivity index (χ2n) is 8.56. The Morgan fingerprint density at radius 2 is 1.92 bits per heavy atom. The molecule has 0 bridgehead atoms. The Morgan fingerprint density at radius 3 is 2.58 bits per heavy atom. The van der Waals surface area contributed by atoms with Gasteiger partial charge in [0.15, 0.2) is 5.17 Å². The fourth-order valence-electron chi connectivity index (χ4n) is 3.88. The van der Waals surface area contributed by atoms with Gasteiger partial charge in [-0.15, -0.1) is 0 Å². The van der Waals surface area contributed by atoms with Gasteiger partial charge >= 0.3 is 12.1 Å². The van der Waals surface area contributed by atoms with Crippen molar-refractivity contribution < 1.29 is 29.0 Å². The fraction of sp³-hybridized carbons (Fsp3) is 0.542. The van der Waals surface area contributed by atoms with Gasteiger partial charge in [0.25, 0.3) is 0 Å². The Balaban J connectivity index is 1.32. The van der Waals surface area contributed by atoms with Crippen LogP contribution in [0.4, 0.5) is 4.79 Å². The zero-order valence-corrected chi connectivity index (χ0v) is 20.9. The third-order valence-electron chi connectivity index (χ3n) is 5.93. The summed E-state index contributed by atoms with van der Waals surface area (Å²) in [6, 6.07) is 7.69. The molecule has 1 aromatic rings. The number of benzene rings is 1. The van der Waals surface area contributed by atoms with E-state index in [9.17, 15) is 24.3 Å². The van der Waals surface area contributed by atoms with E-state index < -0.39 is 18.1 Å². The van der Waals surface area contributed by atoms with Gasteiger partial charge in [-0.25, -0.2) is 9.59 Å². The third-order valence-corrected chi connectivity index (χ3v) is 6.86. The second-order valence-corrected chi connectivity index (χ2v) is 9.65. The maximum absolute atomic E-state index is 12.6. The Kier molecular flexibility index (Phi) is 10.9. The van der Waals surface area contributed by atoms with Crippen molar-refractivity contribution in [2.45, 2.75) is 38.3 Å². The highest BCUT2D eigenvalue weighted by Gasteiger charge is 2.28. The molecule has 2 heterocycles. The van der Waals surface area contributed by atoms with Crippen LogP contribution in [0.3, 0.4) is 0 Å². The van der Waals surface area contributed by atoms with Gasteiger partial charge in [0.2, 0.25) is 11.8 Å². The van der Waals surface area contributed by atoms with Gasteiger partial charge in [-0.2, -0.15) is 0 Å². The standard InChI is InChI=1S/C24H33N5O6S/c30-20(7-4-10-25-23-26-11-14-36-23)29-12-8-18(9-13-29)21(31)27-15-19(22(32)33)28-24(34)35-16-17-5-2-1-3-6-17/h1-3,5-6,18-19H,4,7-16H2,(H,25,26)(H,27,31)(H,28,34)(H,32,33)/t19-/m1/s1. The average Bonchev–Trinajstić information content (AvgIpc) is 3.41. The molecule has 0 unspecified atom stereocenters. The summed E-state index contributed by atoms with van der Waals surface area (Å²) in [5.74, 6) is -0.806. The van der Waals surface area contributed by atoms with Gasteiger partial charge in [-0.3, -0.25) is 14.6 Å². The Labute approximate surface area is 214 Å². The lowest BCUT2D eigenvalue weighted by atomic mass is 9.95. The first-order valence-corrected chi connectivity index (χ1v) is 13.1. The summed E-state index contributed by atoms with van der Waals surface area (Å²) in [6.07, 6.45) is 1.29. The largest absolute Gasteiger partial charge is 0.480 e. The number of carboxylic acid groups (broad SMARTS) is 1. The van der Waals surface area contributed by atoms with E-state index in [1.807, 2.05) is 6.07 Å². The van der Waals surface area contributed by atoms with Crippen LogP contribution in [0.25, 0.3) is 0 Å². The van der Waals surface area contributed by atoms with Crippen molar-refractivity contribution in [1.29, 1.82) is 0 Å². The number of carbonyl (C=O) groups is 4. The second kappa shape index (κ2) is 14.3. The van der Waals surface area contributed by atoms with E-state index in [0.717, 1.165) is 29.4 Å². The van der Waals surface area contributed by atoms with Crippen LogP contribution in [0.15, 0.2) is 35.3 Å². The number of ether oxygens (including phenoxy) is 1. The average molecular weight is 520 g/mol. The number of hydrogen-bond acceptors (Lipinski definition) is 8. The number of hydrogen-bond donors (Lipinski definition) is 4. The highest BCUT2D eigenvalue weighted by Crippen LogP contribution is 2.18. The van der Waals surface area contributed by atoms with Crippen molar-refractivity contribution in [3.05, 3.63) is 35.9 Å². The molecule has 36 heavy (non-hydrogen) atoms. The number of amides is 3. The van der Waals surface area contributed by atoms with Crippen molar-refractivity contribution in [1.82, 2.24) is 20.9 Å². The number of alkyl carbamates (subject to hydrolysis) is 1. The third kappa shape index (κ3) is 9.06. The number of carboxylic acids is 1. The molecule has 1 aromatic carbocycles. The molecule has 196 valence electrons. The minimum atomic E-state index is -1.32. The highest BCUT2D eigenvalue weighted by atomic mass is 32.2. The molecule has 2 aliphatic heterocycles. The molecular formula is C24H33N5O6S. The molecular weight excluding hydrogens is 486 g/mol. The van der Waals surface area contributed by atoms with Crippen LogP contribution >= 0.6 is 11.8 Å². The molecule has 0 spiro atoms. The number of piperidine rings is 1. The smallest absolute Gasteiger partial charge is 0.408 e. The molecule has 3 amide bonds. The highest BCUT2D eigenvalue weighted by molar-refractivity contribution is 8.14. The molecule has 3 rings (SSSR count). The zero-order valence-electron chi connectivity index (χ0n) is 20.1. The summed E-state index contributed by atoms with van der Waals surface area (Å²) in [7, 11) is 0. The Hall–Kier alpha value is -3.28. The van der Waals surface area contributed by atoms with Crippen LogP contribution in [0.2, 0.25) is 0 Å². The van der Waals surface area contributed by atoms with Gasteiger partial charge < -0.3 is 30.7 Å². The first-order valence-electron chi connectivity index (χ1n) is 12.1.